The Morgan fingerprint density at radius 3 is 2.70 bits per heavy atom. The van der Waals surface area contributed by atoms with Gasteiger partial charge in [-0.1, -0.05) is 17.7 Å². The molecular formula is C15H16BrClN2O. The van der Waals surface area contributed by atoms with Crippen LogP contribution >= 0.6 is 27.5 Å². The number of halogens is 2. The van der Waals surface area contributed by atoms with Gasteiger partial charge in [0.05, 0.1) is 10.7 Å². The molecular weight excluding hydrogens is 340 g/mol. The van der Waals surface area contributed by atoms with Gasteiger partial charge in [-0.15, -0.1) is 0 Å². The number of hydrogen-bond acceptors (Lipinski definition) is 1. The molecule has 0 aliphatic carbocycles. The SMILES string of the molecule is Cc1ccc(Cl)c(NC(=O)c2cc(Br)cn2C(C)C)c1. The maximum Gasteiger partial charge on any atom is 0.272 e. The fourth-order valence-electron chi connectivity index (χ4n) is 1.98. The Morgan fingerprint density at radius 1 is 1.35 bits per heavy atom. The zero-order valence-electron chi connectivity index (χ0n) is 11.6. The molecule has 2 aromatic rings. The predicted octanol–water partition coefficient (Wildman–Crippen LogP) is 5.05. The third-order valence-corrected chi connectivity index (χ3v) is 3.74. The number of aryl methyl sites for hydroxylation is 1. The largest absolute Gasteiger partial charge is 0.340 e. The average molecular weight is 356 g/mol. The first-order valence-electron chi connectivity index (χ1n) is 6.33. The first-order valence-corrected chi connectivity index (χ1v) is 7.50. The number of carbonyl (C=O) groups excluding carboxylic acids is 1. The third kappa shape index (κ3) is 3.25. The summed E-state index contributed by atoms with van der Waals surface area (Å²) in [6.45, 7) is 6.02. The lowest BCUT2D eigenvalue weighted by Crippen LogP contribution is -2.18. The van der Waals surface area contributed by atoms with Crippen LogP contribution in [-0.2, 0) is 0 Å². The van der Waals surface area contributed by atoms with Crippen molar-refractivity contribution < 1.29 is 4.79 Å². The molecule has 1 N–H and O–H groups in total. The summed E-state index contributed by atoms with van der Waals surface area (Å²) in [4.78, 5) is 12.4. The Kier molecular flexibility index (Phi) is 4.55. The van der Waals surface area contributed by atoms with Crippen LogP contribution in [0.3, 0.4) is 0 Å². The van der Waals surface area contributed by atoms with Crippen LogP contribution in [0.1, 0.15) is 35.9 Å². The van der Waals surface area contributed by atoms with E-state index in [4.69, 9.17) is 11.6 Å². The highest BCUT2D eigenvalue weighted by Gasteiger charge is 2.16. The second-order valence-electron chi connectivity index (χ2n) is 4.98. The van der Waals surface area contributed by atoms with E-state index in [1.807, 2.05) is 43.7 Å². The van der Waals surface area contributed by atoms with Crippen molar-refractivity contribution in [3.8, 4) is 0 Å². The molecule has 0 radical (unpaired) electrons. The third-order valence-electron chi connectivity index (χ3n) is 2.97. The van der Waals surface area contributed by atoms with E-state index >= 15 is 0 Å². The number of amides is 1. The van der Waals surface area contributed by atoms with Gasteiger partial charge in [-0.3, -0.25) is 4.79 Å². The van der Waals surface area contributed by atoms with Crippen LogP contribution in [0.2, 0.25) is 5.02 Å². The van der Waals surface area contributed by atoms with Crippen molar-refractivity contribution in [1.29, 1.82) is 0 Å². The summed E-state index contributed by atoms with van der Waals surface area (Å²) in [6.07, 6.45) is 1.90. The fraction of sp³-hybridized carbons (Fsp3) is 0.267. The van der Waals surface area contributed by atoms with E-state index in [2.05, 4.69) is 21.2 Å². The van der Waals surface area contributed by atoms with Gasteiger partial charge in [-0.2, -0.15) is 0 Å². The number of benzene rings is 1. The maximum atomic E-state index is 12.4. The standard InChI is InChI=1S/C15H16BrClN2O/c1-9(2)19-8-11(16)7-14(19)15(20)18-13-6-10(3)4-5-12(13)17/h4-9H,1-3H3,(H,18,20). The molecule has 1 amide bonds. The summed E-state index contributed by atoms with van der Waals surface area (Å²) in [5.41, 5.74) is 2.28. The Hall–Kier alpha value is -1.26. The van der Waals surface area contributed by atoms with Crippen molar-refractivity contribution in [2.45, 2.75) is 26.8 Å². The van der Waals surface area contributed by atoms with Gasteiger partial charge in [0.1, 0.15) is 5.69 Å². The lowest BCUT2D eigenvalue weighted by atomic mass is 10.2. The van der Waals surface area contributed by atoms with E-state index in [9.17, 15) is 4.79 Å². The molecule has 0 atom stereocenters. The van der Waals surface area contributed by atoms with E-state index < -0.39 is 0 Å². The van der Waals surface area contributed by atoms with Gasteiger partial charge in [-0.25, -0.2) is 0 Å². The second-order valence-corrected chi connectivity index (χ2v) is 6.30. The summed E-state index contributed by atoms with van der Waals surface area (Å²) < 4.78 is 2.80. The van der Waals surface area contributed by atoms with E-state index in [0.29, 0.717) is 16.4 Å². The summed E-state index contributed by atoms with van der Waals surface area (Å²) in [6, 6.07) is 7.56. The molecule has 0 aliphatic heterocycles. The van der Waals surface area contributed by atoms with Crippen LogP contribution in [0.4, 0.5) is 5.69 Å². The van der Waals surface area contributed by atoms with Gasteiger partial charge >= 0.3 is 0 Å². The normalized spacial score (nSPS) is 10.9. The van der Waals surface area contributed by atoms with Crippen molar-refractivity contribution in [2.24, 2.45) is 0 Å². The Labute approximate surface area is 132 Å². The van der Waals surface area contributed by atoms with E-state index in [1.54, 1.807) is 12.1 Å². The Morgan fingerprint density at radius 2 is 2.05 bits per heavy atom. The summed E-state index contributed by atoms with van der Waals surface area (Å²) in [5, 5.41) is 3.40. The van der Waals surface area contributed by atoms with Crippen LogP contribution < -0.4 is 5.32 Å². The molecule has 1 heterocycles. The van der Waals surface area contributed by atoms with Gasteiger partial charge in [0.15, 0.2) is 0 Å². The van der Waals surface area contributed by atoms with Crippen LogP contribution in [0.5, 0.6) is 0 Å². The topological polar surface area (TPSA) is 34.0 Å². The molecule has 0 bridgehead atoms. The fourth-order valence-corrected chi connectivity index (χ4v) is 2.58. The minimum Gasteiger partial charge on any atom is -0.340 e. The van der Waals surface area contributed by atoms with Crippen molar-refractivity contribution in [3.05, 3.63) is 51.2 Å². The summed E-state index contributed by atoms with van der Waals surface area (Å²) in [5.74, 6) is -0.170. The van der Waals surface area contributed by atoms with E-state index in [0.717, 1.165) is 10.0 Å². The van der Waals surface area contributed by atoms with Crippen molar-refractivity contribution in [2.75, 3.05) is 5.32 Å². The number of rotatable bonds is 3. The summed E-state index contributed by atoms with van der Waals surface area (Å²) >= 11 is 9.51. The highest BCUT2D eigenvalue weighted by molar-refractivity contribution is 9.10. The minimum atomic E-state index is -0.170. The monoisotopic (exact) mass is 354 g/mol. The van der Waals surface area contributed by atoms with Crippen LogP contribution in [0, 0.1) is 6.92 Å². The summed E-state index contributed by atoms with van der Waals surface area (Å²) in [7, 11) is 0. The number of aromatic nitrogens is 1. The van der Waals surface area contributed by atoms with Gasteiger partial charge in [0.25, 0.3) is 5.91 Å². The quantitative estimate of drug-likeness (QED) is 0.821. The number of carbonyl (C=O) groups is 1. The maximum absolute atomic E-state index is 12.4. The van der Waals surface area contributed by atoms with Gasteiger partial charge in [0, 0.05) is 16.7 Å². The minimum absolute atomic E-state index is 0.170. The van der Waals surface area contributed by atoms with Gasteiger partial charge < -0.3 is 9.88 Å². The lowest BCUT2D eigenvalue weighted by molar-refractivity contribution is 0.101. The van der Waals surface area contributed by atoms with Crippen LogP contribution in [0.15, 0.2) is 34.9 Å². The van der Waals surface area contributed by atoms with Gasteiger partial charge in [-0.05, 0) is 60.5 Å². The van der Waals surface area contributed by atoms with Crippen molar-refractivity contribution in [3.63, 3.8) is 0 Å². The first kappa shape index (κ1) is 15.1. The first-order chi connectivity index (χ1) is 9.38. The van der Waals surface area contributed by atoms with E-state index in [1.165, 1.54) is 0 Å². The second kappa shape index (κ2) is 6.02. The molecule has 0 spiro atoms. The lowest BCUT2D eigenvalue weighted by Gasteiger charge is -2.13. The highest BCUT2D eigenvalue weighted by atomic mass is 79.9. The van der Waals surface area contributed by atoms with E-state index in [-0.39, 0.29) is 11.9 Å². The van der Waals surface area contributed by atoms with Crippen molar-refractivity contribution in [1.82, 2.24) is 4.57 Å². The van der Waals surface area contributed by atoms with Gasteiger partial charge in [0.2, 0.25) is 0 Å². The molecule has 1 aromatic carbocycles. The molecule has 106 valence electrons. The van der Waals surface area contributed by atoms with Crippen LogP contribution in [-0.4, -0.2) is 10.5 Å². The number of anilines is 1. The average Bonchev–Trinajstić information content (AvgIpc) is 2.76. The molecule has 3 nitrogen and oxygen atoms in total. The van der Waals surface area contributed by atoms with Crippen LogP contribution in [0.25, 0.3) is 0 Å². The molecule has 0 unspecified atom stereocenters. The number of nitrogens with one attached hydrogen (secondary N) is 1. The smallest absolute Gasteiger partial charge is 0.272 e. The highest BCUT2D eigenvalue weighted by Crippen LogP contribution is 2.25. The molecule has 0 fully saturated rings. The number of hydrogen-bond donors (Lipinski definition) is 1. The molecule has 2 rings (SSSR count). The molecule has 1 aromatic heterocycles. The van der Waals surface area contributed by atoms with Crippen molar-refractivity contribution >= 4 is 39.1 Å². The molecule has 0 saturated carbocycles. The Balaban J connectivity index is 2.31. The predicted molar refractivity (Wildman–Crippen MR) is 86.7 cm³/mol. The molecule has 0 aliphatic rings. The number of nitrogens with zero attached hydrogens (tertiary/aromatic N) is 1. The molecule has 20 heavy (non-hydrogen) atoms. The zero-order valence-corrected chi connectivity index (χ0v) is 13.9. The molecule has 5 heteroatoms. The Bertz CT molecular complexity index is 649. The zero-order chi connectivity index (χ0) is 14.9. The molecule has 0 saturated heterocycles.